The van der Waals surface area contributed by atoms with Gasteiger partial charge in [0, 0.05) is 49.1 Å². The minimum Gasteiger partial charge on any atom is -0.385 e. The van der Waals surface area contributed by atoms with Crippen molar-refractivity contribution in [3.8, 4) is 23.2 Å². The van der Waals surface area contributed by atoms with Gasteiger partial charge < -0.3 is 19.5 Å². The molecule has 32 heavy (non-hydrogen) atoms. The molecule has 8 nitrogen and oxygen atoms in total. The molecule has 1 saturated heterocycles. The van der Waals surface area contributed by atoms with Crippen molar-refractivity contribution in [2.45, 2.75) is 32.4 Å². The van der Waals surface area contributed by atoms with Gasteiger partial charge in [0.15, 0.2) is 5.76 Å². The van der Waals surface area contributed by atoms with Crippen molar-refractivity contribution in [1.29, 1.82) is 0 Å². The van der Waals surface area contributed by atoms with E-state index in [9.17, 15) is 9.90 Å². The minimum absolute atomic E-state index is 0.104. The fraction of sp³-hybridized carbons (Fsp3) is 0.375. The maximum atomic E-state index is 11.4. The summed E-state index contributed by atoms with van der Waals surface area (Å²) in [7, 11) is 0. The lowest BCUT2D eigenvalue weighted by atomic mass is 10.1. The van der Waals surface area contributed by atoms with E-state index in [1.807, 2.05) is 41.1 Å². The molecule has 8 heteroatoms. The molecule has 3 heterocycles. The third kappa shape index (κ3) is 5.63. The highest BCUT2D eigenvalue weighted by atomic mass is 16.5. The van der Waals surface area contributed by atoms with Crippen LogP contribution in [0.2, 0.25) is 0 Å². The molecule has 0 spiro atoms. The monoisotopic (exact) mass is 433 g/mol. The molecule has 166 valence electrons. The lowest BCUT2D eigenvalue weighted by Crippen LogP contribution is -2.47. The molecule has 1 atom stereocenters. The van der Waals surface area contributed by atoms with Gasteiger partial charge in [0.05, 0.1) is 13.1 Å². The Balaban J connectivity index is 1.29. The molecule has 0 radical (unpaired) electrons. The number of nitrogens with one attached hydrogen (secondary N) is 1. The quantitative estimate of drug-likeness (QED) is 0.438. The molecule has 2 N–H and O–H groups in total. The maximum Gasteiger partial charge on any atom is 0.234 e. The van der Waals surface area contributed by atoms with Gasteiger partial charge in [-0.15, -0.1) is 0 Å². The molecule has 4 rings (SSSR count). The van der Waals surface area contributed by atoms with Gasteiger partial charge in [-0.1, -0.05) is 17.0 Å². The number of carbonyl (C=O) groups is 1. The second-order valence-corrected chi connectivity index (χ2v) is 7.88. The topological polar surface area (TPSA) is 96.4 Å². The summed E-state index contributed by atoms with van der Waals surface area (Å²) >= 11 is 0. The number of piperazine rings is 1. The number of aliphatic hydroxyl groups is 1. The molecular formula is C24H27N5O3. The van der Waals surface area contributed by atoms with Crippen LogP contribution < -0.4 is 5.32 Å². The van der Waals surface area contributed by atoms with E-state index in [2.05, 4.69) is 32.2 Å². The van der Waals surface area contributed by atoms with Crippen LogP contribution in [0, 0.1) is 11.8 Å². The summed E-state index contributed by atoms with van der Waals surface area (Å²) in [5, 5.41) is 16.8. The number of rotatable bonds is 7. The highest BCUT2D eigenvalue weighted by Crippen LogP contribution is 2.22. The molecule has 1 aliphatic rings. The largest absolute Gasteiger partial charge is 0.385 e. The molecule has 2 aromatic heterocycles. The molecule has 1 fully saturated rings. The summed E-state index contributed by atoms with van der Waals surface area (Å²) in [4.78, 5) is 17.7. The summed E-state index contributed by atoms with van der Waals surface area (Å²) in [5.41, 5.74) is 2.64. The van der Waals surface area contributed by atoms with Crippen molar-refractivity contribution in [2.75, 3.05) is 26.2 Å². The molecule has 0 bridgehead atoms. The number of benzene rings is 1. The molecule has 1 amide bonds. The van der Waals surface area contributed by atoms with Crippen LogP contribution >= 0.6 is 0 Å². The van der Waals surface area contributed by atoms with Gasteiger partial charge in [-0.05, 0) is 44.2 Å². The number of aromatic nitrogens is 3. The Morgan fingerprint density at radius 2 is 2.16 bits per heavy atom. The van der Waals surface area contributed by atoms with E-state index in [1.54, 1.807) is 13.1 Å². The van der Waals surface area contributed by atoms with Crippen LogP contribution in [0.4, 0.5) is 0 Å². The molecule has 0 saturated carbocycles. The van der Waals surface area contributed by atoms with Gasteiger partial charge in [-0.25, -0.2) is 4.98 Å². The summed E-state index contributed by atoms with van der Waals surface area (Å²) in [5.74, 6) is 7.79. The SMILES string of the molecule is C[C@H](O)c1nccn1Cc1cc(-c2ccc(C#CCCCN3CCNC(=O)C3)cc2)on1. The first kappa shape index (κ1) is 21.8. The fourth-order valence-corrected chi connectivity index (χ4v) is 3.67. The van der Waals surface area contributed by atoms with E-state index in [0.29, 0.717) is 24.7 Å². The first-order valence-corrected chi connectivity index (χ1v) is 10.8. The van der Waals surface area contributed by atoms with E-state index < -0.39 is 6.10 Å². The van der Waals surface area contributed by atoms with Gasteiger partial charge in [0.2, 0.25) is 5.91 Å². The van der Waals surface area contributed by atoms with Crippen LogP contribution in [-0.4, -0.2) is 56.8 Å². The molecule has 0 unspecified atom stereocenters. The number of hydrogen-bond donors (Lipinski definition) is 2. The Hall–Kier alpha value is -3.41. The summed E-state index contributed by atoms with van der Waals surface area (Å²) in [6, 6.07) is 9.79. The van der Waals surface area contributed by atoms with Crippen molar-refractivity contribution in [3.63, 3.8) is 0 Å². The molecular weight excluding hydrogens is 406 g/mol. The molecule has 0 aliphatic carbocycles. The Labute approximate surface area is 187 Å². The Morgan fingerprint density at radius 1 is 1.31 bits per heavy atom. The van der Waals surface area contributed by atoms with E-state index in [1.165, 1.54) is 0 Å². The van der Waals surface area contributed by atoms with Crippen LogP contribution in [0.1, 0.15) is 43.0 Å². The second-order valence-electron chi connectivity index (χ2n) is 7.88. The normalized spacial score (nSPS) is 15.1. The standard InChI is InChI=1S/C24H27N5O3/c1-18(30)24-26-11-14-29(24)16-21-15-22(32-27-21)20-8-6-19(7-9-20)5-3-2-4-12-28-13-10-25-23(31)17-28/h6-9,11,14-15,18,30H,2,4,10,12-13,16-17H2,1H3,(H,25,31)/t18-/m0/s1. The number of imidazole rings is 1. The van der Waals surface area contributed by atoms with Crippen molar-refractivity contribution in [3.05, 3.63) is 59.8 Å². The zero-order valence-corrected chi connectivity index (χ0v) is 18.1. The van der Waals surface area contributed by atoms with E-state index in [0.717, 1.165) is 49.3 Å². The number of unbranched alkanes of at least 4 members (excludes halogenated alkanes) is 1. The predicted molar refractivity (Wildman–Crippen MR) is 119 cm³/mol. The number of amides is 1. The highest BCUT2D eigenvalue weighted by molar-refractivity contribution is 5.78. The predicted octanol–water partition coefficient (Wildman–Crippen LogP) is 2.20. The first-order valence-electron chi connectivity index (χ1n) is 10.8. The van der Waals surface area contributed by atoms with E-state index in [4.69, 9.17) is 4.52 Å². The van der Waals surface area contributed by atoms with E-state index >= 15 is 0 Å². The number of carbonyl (C=O) groups excluding carboxylic acids is 1. The van der Waals surface area contributed by atoms with Gasteiger partial charge in [0.1, 0.15) is 17.6 Å². The van der Waals surface area contributed by atoms with Gasteiger partial charge in [0.25, 0.3) is 0 Å². The summed E-state index contributed by atoms with van der Waals surface area (Å²) in [6.07, 6.45) is 4.58. The minimum atomic E-state index is -0.642. The van der Waals surface area contributed by atoms with Crippen molar-refractivity contribution >= 4 is 5.91 Å². The average Bonchev–Trinajstić information content (AvgIpc) is 3.44. The van der Waals surface area contributed by atoms with Crippen molar-refractivity contribution in [2.24, 2.45) is 0 Å². The van der Waals surface area contributed by atoms with Crippen LogP contribution in [0.3, 0.4) is 0 Å². The fourth-order valence-electron chi connectivity index (χ4n) is 3.67. The maximum absolute atomic E-state index is 11.4. The molecule has 3 aromatic rings. The third-order valence-electron chi connectivity index (χ3n) is 5.31. The van der Waals surface area contributed by atoms with E-state index in [-0.39, 0.29) is 5.91 Å². The zero-order valence-electron chi connectivity index (χ0n) is 18.1. The molecule has 1 aliphatic heterocycles. The summed E-state index contributed by atoms with van der Waals surface area (Å²) in [6.45, 7) is 5.19. The smallest absolute Gasteiger partial charge is 0.234 e. The first-order chi connectivity index (χ1) is 15.6. The van der Waals surface area contributed by atoms with Crippen molar-refractivity contribution < 1.29 is 14.4 Å². The van der Waals surface area contributed by atoms with Gasteiger partial charge >= 0.3 is 0 Å². The lowest BCUT2D eigenvalue weighted by molar-refractivity contribution is -0.124. The number of aliphatic hydroxyl groups excluding tert-OH is 1. The number of hydrogen-bond acceptors (Lipinski definition) is 6. The second kappa shape index (κ2) is 10.3. The Bertz CT molecular complexity index is 1100. The van der Waals surface area contributed by atoms with Crippen LogP contribution in [0.5, 0.6) is 0 Å². The lowest BCUT2D eigenvalue weighted by Gasteiger charge is -2.25. The molecule has 1 aromatic carbocycles. The Morgan fingerprint density at radius 3 is 2.94 bits per heavy atom. The average molecular weight is 434 g/mol. The zero-order chi connectivity index (χ0) is 22.3. The van der Waals surface area contributed by atoms with Crippen LogP contribution in [0.15, 0.2) is 47.2 Å². The van der Waals surface area contributed by atoms with Gasteiger partial charge in [-0.3, -0.25) is 9.69 Å². The van der Waals surface area contributed by atoms with Crippen LogP contribution in [0.25, 0.3) is 11.3 Å². The highest BCUT2D eigenvalue weighted by Gasteiger charge is 2.15. The van der Waals surface area contributed by atoms with Crippen LogP contribution in [-0.2, 0) is 11.3 Å². The third-order valence-corrected chi connectivity index (χ3v) is 5.31. The van der Waals surface area contributed by atoms with Gasteiger partial charge in [-0.2, -0.15) is 0 Å². The summed E-state index contributed by atoms with van der Waals surface area (Å²) < 4.78 is 7.35. The Kier molecular flexibility index (Phi) is 7.00. The van der Waals surface area contributed by atoms with Crippen molar-refractivity contribution in [1.82, 2.24) is 24.9 Å². The number of nitrogens with zero attached hydrogens (tertiary/aromatic N) is 4.